The zero-order chi connectivity index (χ0) is 23.9. The van der Waals surface area contributed by atoms with Crippen LogP contribution >= 0.6 is 0 Å². The number of carbonyl (C=O) groups excluding carboxylic acids is 1. The zero-order valence-corrected chi connectivity index (χ0v) is 18.7. The van der Waals surface area contributed by atoms with Crippen LogP contribution in [0.5, 0.6) is 0 Å². The Balaban J connectivity index is 1.66. The third-order valence-corrected chi connectivity index (χ3v) is 7.56. The number of amides is 1. The van der Waals surface area contributed by atoms with E-state index in [1.165, 1.54) is 23.1 Å². The summed E-state index contributed by atoms with van der Waals surface area (Å²) in [6.45, 7) is 3.69. The van der Waals surface area contributed by atoms with Crippen LogP contribution in [0.15, 0.2) is 34.4 Å². The lowest BCUT2D eigenvalue weighted by Gasteiger charge is -2.39. The molecular formula is C21H26N6O3S. The maximum absolute atomic E-state index is 13.8. The van der Waals surface area contributed by atoms with Crippen molar-refractivity contribution in [2.24, 2.45) is 12.0 Å². The van der Waals surface area contributed by atoms with E-state index in [1.54, 1.807) is 20.0 Å². The number of aryl methyl sites for hydroxylation is 2. The van der Waals surface area contributed by atoms with Crippen molar-refractivity contribution in [1.29, 1.82) is 0 Å². The first-order chi connectivity index (χ1) is 15.3. The van der Waals surface area contributed by atoms with Crippen LogP contribution in [0.4, 0.5) is 5.69 Å². The number of anilines is 1. The van der Waals surface area contributed by atoms with E-state index in [4.69, 9.17) is 2.74 Å². The van der Waals surface area contributed by atoms with Crippen LogP contribution in [-0.4, -0.2) is 53.1 Å². The normalized spacial score (nSPS) is 23.2. The minimum atomic E-state index is -3.85. The van der Waals surface area contributed by atoms with Gasteiger partial charge in [0.25, 0.3) is 5.91 Å². The summed E-state index contributed by atoms with van der Waals surface area (Å²) in [5.41, 5.74) is 1.06. The van der Waals surface area contributed by atoms with Crippen molar-refractivity contribution in [2.45, 2.75) is 56.6 Å². The highest BCUT2D eigenvalue weighted by Crippen LogP contribution is 2.40. The molecule has 3 aliphatic rings. The molecule has 1 aromatic carbocycles. The fraction of sp³-hybridized carbons (Fsp3) is 0.476. The van der Waals surface area contributed by atoms with Crippen LogP contribution in [0, 0.1) is 6.92 Å². The zero-order valence-electron chi connectivity index (χ0n) is 19.9. The van der Waals surface area contributed by atoms with Crippen LogP contribution < -0.4 is 9.62 Å². The highest BCUT2D eigenvalue weighted by molar-refractivity contribution is 7.89. The molecule has 1 saturated carbocycles. The topological polar surface area (TPSA) is 99.9 Å². The molecule has 1 atom stereocenters. The van der Waals surface area contributed by atoms with Gasteiger partial charge in [0.1, 0.15) is 0 Å². The highest BCUT2D eigenvalue weighted by Gasteiger charge is 2.44. The van der Waals surface area contributed by atoms with Crippen LogP contribution in [0.2, 0.25) is 0 Å². The summed E-state index contributed by atoms with van der Waals surface area (Å²) in [5.74, 6) is -0.420. The van der Waals surface area contributed by atoms with Gasteiger partial charge in [-0.1, -0.05) is 0 Å². The summed E-state index contributed by atoms with van der Waals surface area (Å²) in [6.07, 6.45) is 4.41. The lowest BCUT2D eigenvalue weighted by atomic mass is 10.0. The van der Waals surface area contributed by atoms with Gasteiger partial charge in [0, 0.05) is 24.3 Å². The van der Waals surface area contributed by atoms with Crippen molar-refractivity contribution in [3.63, 3.8) is 0 Å². The molecule has 164 valence electrons. The van der Waals surface area contributed by atoms with Crippen molar-refractivity contribution in [3.8, 4) is 0 Å². The van der Waals surface area contributed by atoms with Crippen molar-refractivity contribution in [3.05, 3.63) is 41.2 Å². The van der Waals surface area contributed by atoms with Gasteiger partial charge in [0.2, 0.25) is 16.0 Å². The van der Waals surface area contributed by atoms with Gasteiger partial charge in [-0.2, -0.15) is 5.10 Å². The van der Waals surface area contributed by atoms with E-state index in [0.717, 1.165) is 17.7 Å². The van der Waals surface area contributed by atoms with Crippen LogP contribution in [0.25, 0.3) is 0 Å². The molecule has 5 rings (SSSR count). The molecule has 0 saturated heterocycles. The predicted octanol–water partition coefficient (Wildman–Crippen LogP) is 1.78. The third kappa shape index (κ3) is 3.34. The summed E-state index contributed by atoms with van der Waals surface area (Å²) in [6, 6.07) is 2.80. The molecule has 2 aromatic rings. The van der Waals surface area contributed by atoms with Gasteiger partial charge < -0.3 is 4.90 Å². The molecule has 0 spiro atoms. The van der Waals surface area contributed by atoms with Crippen LogP contribution in [0.3, 0.4) is 0 Å². The second-order valence-electron chi connectivity index (χ2n) is 8.82. The van der Waals surface area contributed by atoms with E-state index in [2.05, 4.69) is 14.8 Å². The Bertz CT molecular complexity index is 1320. The lowest BCUT2D eigenvalue weighted by Crippen LogP contribution is -2.52. The van der Waals surface area contributed by atoms with E-state index in [9.17, 15) is 13.2 Å². The Morgan fingerprint density at radius 3 is 2.74 bits per heavy atom. The third-order valence-electron chi connectivity index (χ3n) is 5.94. The summed E-state index contributed by atoms with van der Waals surface area (Å²) < 4.78 is 47.9. The first-order valence-electron chi connectivity index (χ1n) is 11.2. The van der Waals surface area contributed by atoms with Crippen molar-refractivity contribution >= 4 is 27.6 Å². The number of hydrogen-bond acceptors (Lipinski definition) is 6. The SMILES string of the molecule is [2H]C([2H])(c1cnn(C)c1)N1C(=O)c2cc(S(=O)(=O)NC3(C)CC3)cc(C)c2N2C1=NC[C@H]2C. The van der Waals surface area contributed by atoms with E-state index in [-0.39, 0.29) is 28.0 Å². The van der Waals surface area contributed by atoms with E-state index in [1.807, 2.05) is 18.7 Å². The smallest absolute Gasteiger partial charge is 0.263 e. The number of aliphatic imine (C=N–C) groups is 1. The number of guanidine groups is 1. The minimum absolute atomic E-state index is 0.00523. The molecular weight excluding hydrogens is 416 g/mol. The molecule has 3 heterocycles. The maximum atomic E-state index is 13.8. The molecule has 1 amide bonds. The van der Waals surface area contributed by atoms with E-state index < -0.39 is 28.0 Å². The highest BCUT2D eigenvalue weighted by atomic mass is 32.2. The van der Waals surface area contributed by atoms with E-state index >= 15 is 0 Å². The lowest BCUT2D eigenvalue weighted by molar-refractivity contribution is 0.0832. The monoisotopic (exact) mass is 444 g/mol. The fourth-order valence-corrected chi connectivity index (χ4v) is 5.62. The predicted molar refractivity (Wildman–Crippen MR) is 116 cm³/mol. The van der Waals surface area contributed by atoms with Gasteiger partial charge >= 0.3 is 0 Å². The largest absolute Gasteiger partial charge is 0.306 e. The first kappa shape index (κ1) is 17.9. The average molecular weight is 445 g/mol. The molecule has 0 unspecified atom stereocenters. The molecule has 0 radical (unpaired) electrons. The van der Waals surface area contributed by atoms with Crippen LogP contribution in [-0.2, 0) is 23.6 Å². The molecule has 1 N–H and O–H groups in total. The number of benzene rings is 1. The second kappa shape index (κ2) is 6.64. The Morgan fingerprint density at radius 1 is 1.35 bits per heavy atom. The number of nitrogens with zero attached hydrogens (tertiary/aromatic N) is 5. The number of hydrogen-bond donors (Lipinski definition) is 1. The number of aromatic nitrogens is 2. The minimum Gasteiger partial charge on any atom is -0.306 e. The van der Waals surface area contributed by atoms with Gasteiger partial charge in [-0.3, -0.25) is 19.4 Å². The quantitative estimate of drug-likeness (QED) is 0.758. The molecule has 0 bridgehead atoms. The molecule has 9 nitrogen and oxygen atoms in total. The Kier molecular flexibility index (Phi) is 3.83. The number of carbonyl (C=O) groups is 1. The van der Waals surface area contributed by atoms with Gasteiger partial charge in [0.05, 0.1) is 44.2 Å². The van der Waals surface area contributed by atoms with Crippen molar-refractivity contribution in [2.75, 3.05) is 11.4 Å². The Morgan fingerprint density at radius 2 is 2.10 bits per heavy atom. The number of sulfonamides is 1. The fourth-order valence-electron chi connectivity index (χ4n) is 4.04. The molecule has 2 aliphatic heterocycles. The van der Waals surface area contributed by atoms with Gasteiger partial charge in [-0.25, -0.2) is 13.1 Å². The summed E-state index contributed by atoms with van der Waals surface area (Å²) in [7, 11) is -2.18. The van der Waals surface area contributed by atoms with Crippen molar-refractivity contribution < 1.29 is 16.0 Å². The van der Waals surface area contributed by atoms with Gasteiger partial charge in [-0.05, 0) is 51.3 Å². The summed E-state index contributed by atoms with van der Waals surface area (Å²) in [5, 5.41) is 4.05. The maximum Gasteiger partial charge on any atom is 0.263 e. The average Bonchev–Trinajstić information content (AvgIpc) is 3.08. The first-order valence-corrected chi connectivity index (χ1v) is 11.7. The van der Waals surface area contributed by atoms with Crippen molar-refractivity contribution in [1.82, 2.24) is 19.4 Å². The van der Waals surface area contributed by atoms with E-state index in [0.29, 0.717) is 17.8 Å². The Labute approximate surface area is 184 Å². The standard InChI is InChI=1S/C21H26N6O3S/c1-13-7-16(31(29,30)24-21(3)5-6-21)8-17-18(13)27-14(2)9-22-20(27)26(19(17)28)12-15-10-23-25(4)11-15/h7-8,10-11,14,24H,5-6,9,12H2,1-4H3/t14-/m1/s1/i12D2. The number of fused-ring (bicyclic) bond motifs is 3. The number of rotatable bonds is 5. The van der Waals surface area contributed by atoms with Gasteiger partial charge in [0.15, 0.2) is 0 Å². The van der Waals surface area contributed by atoms with Gasteiger partial charge in [-0.15, -0.1) is 0 Å². The Hall–Kier alpha value is -2.72. The second-order valence-corrected chi connectivity index (χ2v) is 10.5. The summed E-state index contributed by atoms with van der Waals surface area (Å²) in [4.78, 5) is 21.1. The van der Waals surface area contributed by atoms with Crippen LogP contribution in [0.1, 0.15) is 50.9 Å². The number of nitrogens with one attached hydrogen (secondary N) is 1. The molecule has 1 aromatic heterocycles. The molecule has 31 heavy (non-hydrogen) atoms. The summed E-state index contributed by atoms with van der Waals surface area (Å²) >= 11 is 0. The molecule has 1 aliphatic carbocycles. The molecule has 10 heteroatoms. The molecule has 1 fully saturated rings.